The maximum atomic E-state index is 11.7. The molecule has 0 saturated carbocycles. The van der Waals surface area contributed by atoms with Crippen LogP contribution in [0.2, 0.25) is 0 Å². The van der Waals surface area contributed by atoms with Crippen molar-refractivity contribution in [2.75, 3.05) is 19.7 Å². The summed E-state index contributed by atoms with van der Waals surface area (Å²) in [4.78, 5) is 24.1. The fourth-order valence-corrected chi connectivity index (χ4v) is 1.45. The van der Waals surface area contributed by atoms with Gasteiger partial charge in [-0.1, -0.05) is 13.3 Å². The zero-order valence-corrected chi connectivity index (χ0v) is 10.5. The number of rotatable bonds is 8. The quantitative estimate of drug-likeness (QED) is 0.586. The van der Waals surface area contributed by atoms with Crippen LogP contribution in [0, 0.1) is 0 Å². The van der Waals surface area contributed by atoms with Crippen LogP contribution in [0.3, 0.4) is 0 Å². The standard InChI is InChI=1S/C11H22N2O4/c1-3-6-9(10(15)16)12-11(17)13(4-2)7-5-8-14/h9,14H,3-8H2,1-2H3,(H,12,17)(H,15,16)/t9-/m0/s1. The predicted octanol–water partition coefficient (Wildman–Crippen LogP) is 0.654. The van der Waals surface area contributed by atoms with Crippen molar-refractivity contribution in [3.8, 4) is 0 Å². The largest absolute Gasteiger partial charge is 0.480 e. The number of carbonyl (C=O) groups is 2. The van der Waals surface area contributed by atoms with Crippen molar-refractivity contribution < 1.29 is 19.8 Å². The van der Waals surface area contributed by atoms with E-state index in [-0.39, 0.29) is 12.6 Å². The molecule has 6 heteroatoms. The Labute approximate surface area is 102 Å². The lowest BCUT2D eigenvalue weighted by atomic mass is 10.2. The number of aliphatic hydroxyl groups is 1. The van der Waals surface area contributed by atoms with E-state index in [1.807, 2.05) is 13.8 Å². The minimum absolute atomic E-state index is 0.0150. The smallest absolute Gasteiger partial charge is 0.326 e. The Bertz CT molecular complexity index is 246. The summed E-state index contributed by atoms with van der Waals surface area (Å²) in [5.74, 6) is -1.02. The molecule has 6 nitrogen and oxygen atoms in total. The molecule has 3 N–H and O–H groups in total. The molecule has 0 aliphatic rings. The van der Waals surface area contributed by atoms with Gasteiger partial charge >= 0.3 is 12.0 Å². The number of nitrogens with zero attached hydrogens (tertiary/aromatic N) is 1. The van der Waals surface area contributed by atoms with Crippen molar-refractivity contribution in [3.05, 3.63) is 0 Å². The number of hydrogen-bond donors (Lipinski definition) is 3. The average Bonchev–Trinajstić information content (AvgIpc) is 2.29. The van der Waals surface area contributed by atoms with E-state index in [1.165, 1.54) is 4.90 Å². The van der Waals surface area contributed by atoms with Crippen molar-refractivity contribution in [1.29, 1.82) is 0 Å². The Hall–Kier alpha value is -1.30. The van der Waals surface area contributed by atoms with Crippen LogP contribution in [0.15, 0.2) is 0 Å². The second-order valence-corrected chi connectivity index (χ2v) is 3.79. The number of carboxylic acids is 1. The molecule has 0 aromatic carbocycles. The van der Waals surface area contributed by atoms with E-state index in [2.05, 4.69) is 5.32 Å². The van der Waals surface area contributed by atoms with Gasteiger partial charge in [-0.3, -0.25) is 0 Å². The molecular weight excluding hydrogens is 224 g/mol. The first-order chi connectivity index (χ1) is 8.06. The van der Waals surface area contributed by atoms with Gasteiger partial charge in [-0.15, -0.1) is 0 Å². The molecule has 0 unspecified atom stereocenters. The van der Waals surface area contributed by atoms with Crippen LogP contribution in [0.5, 0.6) is 0 Å². The number of aliphatic hydroxyl groups excluding tert-OH is 1. The molecule has 2 amide bonds. The first kappa shape index (κ1) is 15.7. The van der Waals surface area contributed by atoms with E-state index >= 15 is 0 Å². The molecule has 0 bridgehead atoms. The third-order valence-electron chi connectivity index (χ3n) is 2.43. The van der Waals surface area contributed by atoms with Crippen LogP contribution in [-0.2, 0) is 4.79 Å². The van der Waals surface area contributed by atoms with Gasteiger partial charge in [0.1, 0.15) is 6.04 Å². The van der Waals surface area contributed by atoms with Gasteiger partial charge in [0.2, 0.25) is 0 Å². The van der Waals surface area contributed by atoms with E-state index in [0.29, 0.717) is 32.4 Å². The lowest BCUT2D eigenvalue weighted by Gasteiger charge is -2.23. The molecule has 0 rings (SSSR count). The van der Waals surface area contributed by atoms with Crippen molar-refractivity contribution >= 4 is 12.0 Å². The molecule has 0 radical (unpaired) electrons. The van der Waals surface area contributed by atoms with Crippen molar-refractivity contribution in [2.45, 2.75) is 39.2 Å². The fraction of sp³-hybridized carbons (Fsp3) is 0.818. The maximum absolute atomic E-state index is 11.7. The predicted molar refractivity (Wildman–Crippen MR) is 63.8 cm³/mol. The average molecular weight is 246 g/mol. The number of urea groups is 1. The Morgan fingerprint density at radius 2 is 2.00 bits per heavy atom. The number of carbonyl (C=O) groups excluding carboxylic acids is 1. The van der Waals surface area contributed by atoms with E-state index in [4.69, 9.17) is 10.2 Å². The van der Waals surface area contributed by atoms with Gasteiger partial charge in [-0.25, -0.2) is 9.59 Å². The van der Waals surface area contributed by atoms with E-state index < -0.39 is 12.0 Å². The van der Waals surface area contributed by atoms with Crippen LogP contribution in [-0.4, -0.2) is 52.9 Å². The Kier molecular flexibility index (Phi) is 8.13. The molecule has 0 aromatic heterocycles. The number of aliphatic carboxylic acids is 1. The number of nitrogens with one attached hydrogen (secondary N) is 1. The lowest BCUT2D eigenvalue weighted by Crippen LogP contribution is -2.48. The Balaban J connectivity index is 4.30. The summed E-state index contributed by atoms with van der Waals surface area (Å²) >= 11 is 0. The van der Waals surface area contributed by atoms with Crippen molar-refractivity contribution in [3.63, 3.8) is 0 Å². The maximum Gasteiger partial charge on any atom is 0.326 e. The van der Waals surface area contributed by atoms with Gasteiger partial charge in [0, 0.05) is 19.7 Å². The highest BCUT2D eigenvalue weighted by molar-refractivity contribution is 5.82. The molecular formula is C11H22N2O4. The summed E-state index contributed by atoms with van der Waals surface area (Å²) in [6, 6.07) is -1.22. The second-order valence-electron chi connectivity index (χ2n) is 3.79. The Morgan fingerprint density at radius 3 is 2.41 bits per heavy atom. The summed E-state index contributed by atoms with van der Waals surface area (Å²) in [5, 5.41) is 20.1. The molecule has 0 aromatic rings. The topological polar surface area (TPSA) is 89.9 Å². The van der Waals surface area contributed by atoms with Gasteiger partial charge < -0.3 is 20.4 Å². The highest BCUT2D eigenvalue weighted by Gasteiger charge is 2.21. The zero-order chi connectivity index (χ0) is 13.3. The fourth-order valence-electron chi connectivity index (χ4n) is 1.45. The molecule has 0 fully saturated rings. The third kappa shape index (κ3) is 6.11. The Morgan fingerprint density at radius 1 is 1.35 bits per heavy atom. The van der Waals surface area contributed by atoms with Crippen LogP contribution >= 0.6 is 0 Å². The van der Waals surface area contributed by atoms with E-state index in [9.17, 15) is 9.59 Å². The molecule has 1 atom stereocenters. The summed E-state index contributed by atoms with van der Waals surface area (Å²) in [6.07, 6.45) is 1.60. The molecule has 0 aliphatic carbocycles. The molecule has 0 spiro atoms. The number of hydrogen-bond acceptors (Lipinski definition) is 3. The summed E-state index contributed by atoms with van der Waals surface area (Å²) in [5.41, 5.74) is 0. The summed E-state index contributed by atoms with van der Waals surface area (Å²) < 4.78 is 0. The van der Waals surface area contributed by atoms with Crippen molar-refractivity contribution in [2.24, 2.45) is 0 Å². The van der Waals surface area contributed by atoms with Crippen LogP contribution < -0.4 is 5.32 Å². The minimum atomic E-state index is -1.02. The van der Waals surface area contributed by atoms with E-state index in [1.54, 1.807) is 0 Å². The summed E-state index contributed by atoms with van der Waals surface area (Å²) in [6.45, 7) is 4.61. The van der Waals surface area contributed by atoms with Crippen molar-refractivity contribution in [1.82, 2.24) is 10.2 Å². The van der Waals surface area contributed by atoms with Gasteiger partial charge in [-0.2, -0.15) is 0 Å². The van der Waals surface area contributed by atoms with E-state index in [0.717, 1.165) is 0 Å². The molecule has 0 aliphatic heterocycles. The highest BCUT2D eigenvalue weighted by atomic mass is 16.4. The number of amides is 2. The van der Waals surface area contributed by atoms with Gasteiger partial charge in [-0.05, 0) is 19.8 Å². The second kappa shape index (κ2) is 8.81. The lowest BCUT2D eigenvalue weighted by molar-refractivity contribution is -0.139. The molecule has 0 saturated heterocycles. The SMILES string of the molecule is CCC[C@H](NC(=O)N(CC)CCCO)C(=O)O. The molecule has 0 heterocycles. The normalized spacial score (nSPS) is 11.9. The van der Waals surface area contributed by atoms with Gasteiger partial charge in [0.15, 0.2) is 0 Å². The molecule has 17 heavy (non-hydrogen) atoms. The first-order valence-corrected chi connectivity index (χ1v) is 5.95. The molecule has 100 valence electrons. The first-order valence-electron chi connectivity index (χ1n) is 5.95. The van der Waals surface area contributed by atoms with Gasteiger partial charge in [0.25, 0.3) is 0 Å². The zero-order valence-electron chi connectivity index (χ0n) is 10.5. The number of carboxylic acid groups (broad SMARTS) is 1. The summed E-state index contributed by atoms with van der Waals surface area (Å²) in [7, 11) is 0. The monoisotopic (exact) mass is 246 g/mol. The highest BCUT2D eigenvalue weighted by Crippen LogP contribution is 2.00. The van der Waals surface area contributed by atoms with Crippen LogP contribution in [0.25, 0.3) is 0 Å². The minimum Gasteiger partial charge on any atom is -0.480 e. The van der Waals surface area contributed by atoms with Crippen LogP contribution in [0.1, 0.15) is 33.1 Å². The third-order valence-corrected chi connectivity index (χ3v) is 2.43. The van der Waals surface area contributed by atoms with Gasteiger partial charge in [0.05, 0.1) is 0 Å². The van der Waals surface area contributed by atoms with Crippen LogP contribution in [0.4, 0.5) is 4.79 Å².